The Hall–Kier alpha value is -2.94. The van der Waals surface area contributed by atoms with Crippen LogP contribution in [0.15, 0.2) is 66.9 Å². The van der Waals surface area contributed by atoms with Crippen LogP contribution in [-0.2, 0) is 4.79 Å². The van der Waals surface area contributed by atoms with Crippen molar-refractivity contribution in [3.63, 3.8) is 0 Å². The number of benzene rings is 2. The van der Waals surface area contributed by atoms with E-state index in [0.29, 0.717) is 0 Å². The summed E-state index contributed by atoms with van der Waals surface area (Å²) in [6.45, 7) is 2.00. The van der Waals surface area contributed by atoms with Crippen molar-refractivity contribution in [2.24, 2.45) is 0 Å². The Bertz CT molecular complexity index is 845. The summed E-state index contributed by atoms with van der Waals surface area (Å²) >= 11 is 0. The molecule has 0 amide bonds. The van der Waals surface area contributed by atoms with E-state index in [1.54, 1.807) is 18.2 Å². The van der Waals surface area contributed by atoms with Crippen LogP contribution < -0.4 is 0 Å². The molecule has 2 aromatic carbocycles. The molecule has 114 valence electrons. The highest BCUT2D eigenvalue weighted by atomic mass is 19.1. The van der Waals surface area contributed by atoms with Gasteiger partial charge in [0.2, 0.25) is 0 Å². The highest BCUT2D eigenvalue weighted by Gasteiger charge is 2.13. The second kappa shape index (κ2) is 6.44. The van der Waals surface area contributed by atoms with Gasteiger partial charge in [0.25, 0.3) is 0 Å². The summed E-state index contributed by atoms with van der Waals surface area (Å²) in [5.41, 5.74) is 4.89. The number of nitrogens with zero attached hydrogens (tertiary/aromatic N) is 1. The van der Waals surface area contributed by atoms with Crippen LogP contribution in [0.25, 0.3) is 22.9 Å². The van der Waals surface area contributed by atoms with E-state index in [9.17, 15) is 9.18 Å². The fraction of sp³-hybridized carbons (Fsp3) is 0.0500. The molecular formula is C20H16FNO. The highest BCUT2D eigenvalue weighted by Crippen LogP contribution is 2.31. The van der Waals surface area contributed by atoms with E-state index in [1.807, 2.05) is 43.5 Å². The largest absolute Gasteiger partial charge is 0.320 e. The van der Waals surface area contributed by atoms with E-state index in [-0.39, 0.29) is 5.82 Å². The molecule has 3 heteroatoms. The fourth-order valence-electron chi connectivity index (χ4n) is 2.68. The molecule has 0 unspecified atom stereocenters. The van der Waals surface area contributed by atoms with Crippen LogP contribution in [0.3, 0.4) is 0 Å². The summed E-state index contributed by atoms with van der Waals surface area (Å²) in [5, 5.41) is 0. The first-order valence-corrected chi connectivity index (χ1v) is 7.36. The predicted octanol–water partition coefficient (Wildman–Crippen LogP) is 4.80. The maximum Gasteiger partial charge on any atom is 0.142 e. The third-order valence-electron chi connectivity index (χ3n) is 3.83. The van der Waals surface area contributed by atoms with Crippen molar-refractivity contribution in [2.75, 3.05) is 0 Å². The van der Waals surface area contributed by atoms with Gasteiger partial charge in [-0.1, -0.05) is 30.3 Å². The minimum Gasteiger partial charge on any atom is -0.320 e. The van der Waals surface area contributed by atoms with Gasteiger partial charge in [0.15, 0.2) is 0 Å². The number of halogens is 1. The van der Waals surface area contributed by atoms with Crippen LogP contribution in [0.1, 0.15) is 11.3 Å². The average molecular weight is 305 g/mol. The van der Waals surface area contributed by atoms with E-state index >= 15 is 0 Å². The molecule has 3 aromatic rings. The van der Waals surface area contributed by atoms with Gasteiger partial charge in [0.1, 0.15) is 12.1 Å². The minimum atomic E-state index is -0.266. The van der Waals surface area contributed by atoms with Gasteiger partial charge in [-0.05, 0) is 48.9 Å². The summed E-state index contributed by atoms with van der Waals surface area (Å²) in [6.07, 6.45) is 6.04. The lowest BCUT2D eigenvalue weighted by Crippen LogP contribution is -1.94. The number of hydrogen-bond donors (Lipinski definition) is 0. The molecule has 1 heterocycles. The summed E-state index contributed by atoms with van der Waals surface area (Å²) in [6, 6.07) is 16.4. The molecule has 0 saturated carbocycles. The van der Waals surface area contributed by atoms with Gasteiger partial charge in [-0.15, -0.1) is 0 Å². The lowest BCUT2D eigenvalue weighted by Gasteiger charge is -2.05. The van der Waals surface area contributed by atoms with Gasteiger partial charge in [0.05, 0.1) is 0 Å². The van der Waals surface area contributed by atoms with E-state index in [4.69, 9.17) is 0 Å². The van der Waals surface area contributed by atoms with Crippen molar-refractivity contribution in [2.45, 2.75) is 6.92 Å². The van der Waals surface area contributed by atoms with Crippen molar-refractivity contribution in [1.29, 1.82) is 0 Å². The molecule has 0 spiro atoms. The Morgan fingerprint density at radius 3 is 2.35 bits per heavy atom. The van der Waals surface area contributed by atoms with Crippen molar-refractivity contribution in [3.05, 3.63) is 83.9 Å². The van der Waals surface area contributed by atoms with Crippen molar-refractivity contribution in [3.8, 4) is 16.8 Å². The summed E-state index contributed by atoms with van der Waals surface area (Å²) in [4.78, 5) is 10.7. The maximum atomic E-state index is 13.2. The van der Waals surface area contributed by atoms with Crippen molar-refractivity contribution < 1.29 is 9.18 Å². The van der Waals surface area contributed by atoms with E-state index < -0.39 is 0 Å². The van der Waals surface area contributed by atoms with Crippen LogP contribution in [0.5, 0.6) is 0 Å². The third kappa shape index (κ3) is 2.99. The molecule has 0 aliphatic heterocycles. The lowest BCUT2D eigenvalue weighted by atomic mass is 10.0. The topological polar surface area (TPSA) is 22.0 Å². The standard InChI is InChI=1S/C20H16FNO/c1-15-19(8-5-13-23)20(16-9-11-17(21)12-10-16)14-22(15)18-6-3-2-4-7-18/h2-14H,1H3. The van der Waals surface area contributed by atoms with Gasteiger partial charge in [-0.25, -0.2) is 4.39 Å². The number of rotatable bonds is 4. The minimum absolute atomic E-state index is 0.266. The number of carbonyl (C=O) groups excluding carboxylic acids is 1. The number of carbonyl (C=O) groups is 1. The Labute approximate surface area is 134 Å². The van der Waals surface area contributed by atoms with Gasteiger partial charge >= 0.3 is 0 Å². The van der Waals surface area contributed by atoms with Gasteiger partial charge in [0, 0.05) is 28.7 Å². The third-order valence-corrected chi connectivity index (χ3v) is 3.83. The number of para-hydroxylation sites is 1. The van der Waals surface area contributed by atoms with Gasteiger partial charge in [-0.2, -0.15) is 0 Å². The van der Waals surface area contributed by atoms with Crippen LogP contribution in [-0.4, -0.2) is 10.9 Å². The molecule has 0 aliphatic carbocycles. The predicted molar refractivity (Wildman–Crippen MR) is 91.0 cm³/mol. The number of aldehydes is 1. The molecular weight excluding hydrogens is 289 g/mol. The molecule has 0 bridgehead atoms. The number of aromatic nitrogens is 1. The Morgan fingerprint density at radius 1 is 1.00 bits per heavy atom. The van der Waals surface area contributed by atoms with Crippen LogP contribution in [0.2, 0.25) is 0 Å². The first kappa shape index (κ1) is 15.0. The summed E-state index contributed by atoms with van der Waals surface area (Å²) < 4.78 is 15.3. The van der Waals surface area contributed by atoms with Gasteiger partial charge in [-0.3, -0.25) is 4.79 Å². The molecule has 0 radical (unpaired) electrons. The number of allylic oxidation sites excluding steroid dienone is 1. The summed E-state index contributed by atoms with van der Waals surface area (Å²) in [7, 11) is 0. The zero-order valence-corrected chi connectivity index (χ0v) is 12.7. The first-order chi connectivity index (χ1) is 11.2. The molecule has 1 aromatic heterocycles. The maximum absolute atomic E-state index is 13.2. The average Bonchev–Trinajstić information content (AvgIpc) is 2.91. The monoisotopic (exact) mass is 305 g/mol. The zero-order valence-electron chi connectivity index (χ0n) is 12.7. The molecule has 0 aliphatic rings. The smallest absolute Gasteiger partial charge is 0.142 e. The molecule has 3 rings (SSSR count). The fourth-order valence-corrected chi connectivity index (χ4v) is 2.68. The SMILES string of the molecule is Cc1c(C=CC=O)c(-c2ccc(F)cc2)cn1-c1ccccc1. The molecule has 23 heavy (non-hydrogen) atoms. The molecule has 0 fully saturated rings. The van der Waals surface area contributed by atoms with E-state index in [2.05, 4.69) is 4.57 Å². The molecule has 0 atom stereocenters. The first-order valence-electron chi connectivity index (χ1n) is 7.36. The number of hydrogen-bond acceptors (Lipinski definition) is 1. The van der Waals surface area contributed by atoms with Crippen molar-refractivity contribution in [1.82, 2.24) is 4.57 Å². The second-order valence-electron chi connectivity index (χ2n) is 5.25. The Morgan fingerprint density at radius 2 is 1.70 bits per heavy atom. The van der Waals surface area contributed by atoms with Crippen LogP contribution in [0, 0.1) is 12.7 Å². The Kier molecular flexibility index (Phi) is 4.20. The zero-order chi connectivity index (χ0) is 16.2. The second-order valence-corrected chi connectivity index (χ2v) is 5.25. The van der Waals surface area contributed by atoms with Crippen molar-refractivity contribution >= 4 is 12.4 Å². The van der Waals surface area contributed by atoms with Crippen LogP contribution >= 0.6 is 0 Å². The normalized spacial score (nSPS) is 11.0. The molecule has 0 N–H and O–H groups in total. The highest BCUT2D eigenvalue weighted by molar-refractivity contribution is 5.82. The molecule has 2 nitrogen and oxygen atoms in total. The Balaban J connectivity index is 2.20. The summed E-state index contributed by atoms with van der Waals surface area (Å²) in [5.74, 6) is -0.266. The lowest BCUT2D eigenvalue weighted by molar-refractivity contribution is -0.104. The van der Waals surface area contributed by atoms with E-state index in [1.165, 1.54) is 18.2 Å². The quantitative estimate of drug-likeness (QED) is 0.501. The van der Waals surface area contributed by atoms with Gasteiger partial charge < -0.3 is 4.57 Å². The van der Waals surface area contributed by atoms with Crippen LogP contribution in [0.4, 0.5) is 4.39 Å². The van der Waals surface area contributed by atoms with E-state index in [0.717, 1.165) is 34.4 Å². The molecule has 0 saturated heterocycles.